The maximum absolute atomic E-state index is 12.2. The third-order valence-electron chi connectivity index (χ3n) is 3.23. The van der Waals surface area contributed by atoms with Gasteiger partial charge in [-0.25, -0.2) is 13.1 Å². The fourth-order valence-electron chi connectivity index (χ4n) is 1.91. The number of carbonyl (C=O) groups is 1. The molecule has 8 heteroatoms. The van der Waals surface area contributed by atoms with Crippen molar-refractivity contribution in [2.24, 2.45) is 0 Å². The Morgan fingerprint density at radius 2 is 1.83 bits per heavy atom. The summed E-state index contributed by atoms with van der Waals surface area (Å²) in [6, 6.07) is 11.4. The van der Waals surface area contributed by atoms with Gasteiger partial charge in [-0.15, -0.1) is 0 Å². The molecule has 0 aliphatic heterocycles. The lowest BCUT2D eigenvalue weighted by atomic mass is 10.1. The van der Waals surface area contributed by atoms with Crippen LogP contribution in [-0.2, 0) is 10.0 Å². The van der Waals surface area contributed by atoms with Crippen LogP contribution in [0.15, 0.2) is 59.5 Å². The smallest absolute Gasteiger partial charge is 0.269 e. The molecule has 0 unspecified atom stereocenters. The molecule has 124 valence electrons. The molecule has 1 N–H and O–H groups in total. The minimum absolute atomic E-state index is 0.000383. The first-order valence-electron chi connectivity index (χ1n) is 6.84. The van der Waals surface area contributed by atoms with Crippen molar-refractivity contribution in [2.75, 3.05) is 7.05 Å². The number of sulfonamides is 1. The Labute approximate surface area is 138 Å². The number of hydrogen-bond donors (Lipinski definition) is 1. The van der Waals surface area contributed by atoms with Gasteiger partial charge in [0, 0.05) is 17.7 Å². The predicted molar refractivity (Wildman–Crippen MR) is 89.1 cm³/mol. The Hall–Kier alpha value is -2.84. The molecular formula is C16H14N2O5S. The van der Waals surface area contributed by atoms with Crippen LogP contribution in [0.4, 0.5) is 5.69 Å². The van der Waals surface area contributed by atoms with Crippen molar-refractivity contribution in [1.82, 2.24) is 4.72 Å². The van der Waals surface area contributed by atoms with E-state index in [2.05, 4.69) is 4.72 Å². The van der Waals surface area contributed by atoms with Gasteiger partial charge >= 0.3 is 0 Å². The highest BCUT2D eigenvalue weighted by molar-refractivity contribution is 7.89. The van der Waals surface area contributed by atoms with E-state index >= 15 is 0 Å². The fourth-order valence-corrected chi connectivity index (χ4v) is 2.69. The Balaban J connectivity index is 2.20. The van der Waals surface area contributed by atoms with Crippen molar-refractivity contribution >= 4 is 27.6 Å². The molecule has 0 radical (unpaired) electrons. The first-order chi connectivity index (χ1) is 11.3. The normalized spacial score (nSPS) is 11.5. The number of benzene rings is 2. The number of rotatable bonds is 6. The van der Waals surface area contributed by atoms with Crippen LogP contribution in [0.1, 0.15) is 15.9 Å². The molecule has 0 heterocycles. The predicted octanol–water partition coefficient (Wildman–Crippen LogP) is 2.40. The van der Waals surface area contributed by atoms with Crippen molar-refractivity contribution < 1.29 is 18.1 Å². The van der Waals surface area contributed by atoms with E-state index in [1.807, 2.05) is 0 Å². The topological polar surface area (TPSA) is 106 Å². The quantitative estimate of drug-likeness (QED) is 0.374. The van der Waals surface area contributed by atoms with Crippen LogP contribution in [0.3, 0.4) is 0 Å². The summed E-state index contributed by atoms with van der Waals surface area (Å²) < 4.78 is 25.7. The minimum atomic E-state index is -3.62. The van der Waals surface area contributed by atoms with E-state index in [9.17, 15) is 23.3 Å². The molecule has 7 nitrogen and oxygen atoms in total. The Morgan fingerprint density at radius 1 is 1.17 bits per heavy atom. The van der Waals surface area contributed by atoms with Gasteiger partial charge in [0.05, 0.1) is 9.82 Å². The molecule has 2 aromatic rings. The molecule has 0 aliphatic carbocycles. The summed E-state index contributed by atoms with van der Waals surface area (Å²) in [5.74, 6) is -0.374. The lowest BCUT2D eigenvalue weighted by Crippen LogP contribution is -2.18. The second kappa shape index (κ2) is 7.16. The molecule has 0 atom stereocenters. The summed E-state index contributed by atoms with van der Waals surface area (Å²) in [7, 11) is -2.33. The second-order valence-corrected chi connectivity index (χ2v) is 6.67. The Kier molecular flexibility index (Phi) is 5.22. The van der Waals surface area contributed by atoms with E-state index in [0.717, 1.165) is 0 Å². The summed E-state index contributed by atoms with van der Waals surface area (Å²) in [6.07, 6.45) is 2.79. The number of hydrogen-bond acceptors (Lipinski definition) is 5. The number of nitrogens with zero attached hydrogens (tertiary/aromatic N) is 1. The molecule has 2 aromatic carbocycles. The summed E-state index contributed by atoms with van der Waals surface area (Å²) in [4.78, 5) is 22.2. The number of nitrogens with one attached hydrogen (secondary N) is 1. The Bertz CT molecular complexity index is 902. The van der Waals surface area contributed by atoms with Gasteiger partial charge in [-0.05, 0) is 43.0 Å². The van der Waals surface area contributed by atoms with E-state index < -0.39 is 14.9 Å². The van der Waals surface area contributed by atoms with Gasteiger partial charge in [0.2, 0.25) is 10.0 Å². The highest BCUT2D eigenvalue weighted by atomic mass is 32.2. The third-order valence-corrected chi connectivity index (χ3v) is 4.64. The Morgan fingerprint density at radius 3 is 2.42 bits per heavy atom. The molecule has 0 saturated heterocycles. The summed E-state index contributed by atoms with van der Waals surface area (Å²) in [5, 5.41) is 10.6. The van der Waals surface area contributed by atoms with Crippen molar-refractivity contribution in [3.8, 4) is 0 Å². The highest BCUT2D eigenvalue weighted by Gasteiger charge is 2.13. The van der Waals surface area contributed by atoms with Crippen molar-refractivity contribution in [3.05, 3.63) is 75.8 Å². The molecule has 0 fully saturated rings. The lowest BCUT2D eigenvalue weighted by molar-refractivity contribution is -0.384. The zero-order valence-corrected chi connectivity index (χ0v) is 13.5. The van der Waals surface area contributed by atoms with Crippen LogP contribution in [0.5, 0.6) is 0 Å². The van der Waals surface area contributed by atoms with Gasteiger partial charge in [0.25, 0.3) is 5.69 Å². The van der Waals surface area contributed by atoms with Crippen molar-refractivity contribution in [3.63, 3.8) is 0 Å². The van der Waals surface area contributed by atoms with Crippen LogP contribution in [0.2, 0.25) is 0 Å². The molecule has 0 aromatic heterocycles. The van der Waals surface area contributed by atoms with E-state index in [1.165, 1.54) is 67.7 Å². The zero-order valence-electron chi connectivity index (χ0n) is 12.7. The number of non-ortho nitro benzene ring substituents is 1. The monoisotopic (exact) mass is 346 g/mol. The molecule has 24 heavy (non-hydrogen) atoms. The molecule has 0 spiro atoms. The second-order valence-electron chi connectivity index (χ2n) is 4.78. The van der Waals surface area contributed by atoms with Crippen LogP contribution in [-0.4, -0.2) is 26.2 Å². The molecule has 0 amide bonds. The maximum Gasteiger partial charge on any atom is 0.269 e. The van der Waals surface area contributed by atoms with E-state index in [0.29, 0.717) is 5.56 Å². The van der Waals surface area contributed by atoms with Crippen molar-refractivity contribution in [1.29, 1.82) is 0 Å². The summed E-state index contributed by atoms with van der Waals surface area (Å²) in [5.41, 5.74) is 0.806. The molecule has 0 aliphatic rings. The average molecular weight is 346 g/mol. The van der Waals surface area contributed by atoms with Crippen LogP contribution in [0.25, 0.3) is 6.08 Å². The zero-order chi connectivity index (χ0) is 17.7. The van der Waals surface area contributed by atoms with Gasteiger partial charge in [-0.2, -0.15) is 0 Å². The van der Waals surface area contributed by atoms with Crippen LogP contribution >= 0.6 is 0 Å². The number of carbonyl (C=O) groups excluding carboxylic acids is 1. The fraction of sp³-hybridized carbons (Fsp3) is 0.0625. The molecule has 0 saturated carbocycles. The highest BCUT2D eigenvalue weighted by Crippen LogP contribution is 2.15. The maximum atomic E-state index is 12.2. The van der Waals surface area contributed by atoms with Gasteiger partial charge < -0.3 is 0 Å². The molecule has 2 rings (SSSR count). The lowest BCUT2D eigenvalue weighted by Gasteiger charge is -2.03. The first-order valence-corrected chi connectivity index (χ1v) is 8.32. The van der Waals surface area contributed by atoms with Gasteiger partial charge in [0.1, 0.15) is 0 Å². The van der Waals surface area contributed by atoms with Crippen LogP contribution < -0.4 is 4.72 Å². The summed E-state index contributed by atoms with van der Waals surface area (Å²) >= 11 is 0. The standard InChI is InChI=1S/C16H14N2O5S/c1-17-24(22,23)15-4-2-3-13(11-15)16(19)10-7-12-5-8-14(9-6-12)18(20)21/h2-11,17H,1H3/b10-7+. The van der Waals surface area contributed by atoms with E-state index in [4.69, 9.17) is 0 Å². The van der Waals surface area contributed by atoms with Gasteiger partial charge in [-0.1, -0.05) is 18.2 Å². The van der Waals surface area contributed by atoms with Gasteiger partial charge in [0.15, 0.2) is 5.78 Å². The van der Waals surface area contributed by atoms with E-state index in [1.54, 1.807) is 0 Å². The third kappa shape index (κ3) is 4.12. The van der Waals surface area contributed by atoms with E-state index in [-0.39, 0.29) is 21.9 Å². The number of allylic oxidation sites excluding steroid dienone is 1. The summed E-state index contributed by atoms with van der Waals surface area (Å²) in [6.45, 7) is 0. The number of ketones is 1. The first kappa shape index (κ1) is 17.5. The van der Waals surface area contributed by atoms with Gasteiger partial charge in [-0.3, -0.25) is 14.9 Å². The number of nitro benzene ring substituents is 1. The van der Waals surface area contributed by atoms with Crippen molar-refractivity contribution in [2.45, 2.75) is 4.90 Å². The molecule has 0 bridgehead atoms. The van der Waals surface area contributed by atoms with Crippen LogP contribution in [0, 0.1) is 10.1 Å². The minimum Gasteiger partial charge on any atom is -0.289 e. The average Bonchev–Trinajstić information content (AvgIpc) is 2.60. The SMILES string of the molecule is CNS(=O)(=O)c1cccc(C(=O)/C=C/c2ccc([N+](=O)[O-])cc2)c1. The molecular weight excluding hydrogens is 332 g/mol. The number of nitro groups is 1. The largest absolute Gasteiger partial charge is 0.289 e.